The highest BCUT2D eigenvalue weighted by Gasteiger charge is 2.54. The molecular formula is C12H20F2N2. The van der Waals surface area contributed by atoms with Crippen molar-refractivity contribution < 1.29 is 8.78 Å². The van der Waals surface area contributed by atoms with E-state index in [9.17, 15) is 8.78 Å². The van der Waals surface area contributed by atoms with Gasteiger partial charge in [-0.3, -0.25) is 4.90 Å². The summed E-state index contributed by atoms with van der Waals surface area (Å²) in [5.74, 6) is -2.46. The van der Waals surface area contributed by atoms with Crippen LogP contribution in [0.1, 0.15) is 25.7 Å². The first kappa shape index (κ1) is 10.9. The number of halogens is 2. The maximum atomic E-state index is 13.6. The van der Waals surface area contributed by atoms with Gasteiger partial charge < -0.3 is 5.32 Å². The van der Waals surface area contributed by atoms with Crippen molar-refractivity contribution in [2.75, 3.05) is 26.2 Å². The minimum absolute atomic E-state index is 0.127. The highest BCUT2D eigenvalue weighted by molar-refractivity contribution is 4.99. The van der Waals surface area contributed by atoms with Gasteiger partial charge in [-0.1, -0.05) is 0 Å². The number of hydrogen-bond donors (Lipinski definition) is 1. The standard InChI is InChI=1S/C12H20F2N2/c13-12(14)4-1-9-7-16(8-11(9)12)10-2-5-15-6-3-10/h9-11,15H,1-8H2/t9-,11+/m1/s1. The van der Waals surface area contributed by atoms with Crippen LogP contribution in [0.3, 0.4) is 0 Å². The number of likely N-dealkylation sites (tertiary alicyclic amines) is 1. The van der Waals surface area contributed by atoms with Crippen LogP contribution in [-0.4, -0.2) is 43.0 Å². The first-order valence-corrected chi connectivity index (χ1v) is 6.49. The summed E-state index contributed by atoms with van der Waals surface area (Å²) in [5.41, 5.74) is 0. The Kier molecular flexibility index (Phi) is 2.67. The maximum Gasteiger partial charge on any atom is 0.252 e. The molecule has 3 rings (SSSR count). The molecule has 0 spiro atoms. The molecule has 3 aliphatic rings. The minimum atomic E-state index is -2.38. The predicted molar refractivity (Wildman–Crippen MR) is 58.6 cm³/mol. The molecule has 92 valence electrons. The van der Waals surface area contributed by atoms with Gasteiger partial charge in [-0.15, -0.1) is 0 Å². The van der Waals surface area contributed by atoms with Crippen molar-refractivity contribution in [1.29, 1.82) is 0 Å². The number of rotatable bonds is 1. The third kappa shape index (κ3) is 1.76. The van der Waals surface area contributed by atoms with Crippen molar-refractivity contribution >= 4 is 0 Å². The first-order valence-electron chi connectivity index (χ1n) is 6.49. The van der Waals surface area contributed by atoms with Crippen LogP contribution in [0, 0.1) is 11.8 Å². The maximum absolute atomic E-state index is 13.6. The van der Waals surface area contributed by atoms with E-state index in [4.69, 9.17) is 0 Å². The quantitative estimate of drug-likeness (QED) is 0.738. The van der Waals surface area contributed by atoms with Gasteiger partial charge in [0, 0.05) is 31.5 Å². The fourth-order valence-corrected chi connectivity index (χ4v) is 3.71. The molecule has 1 aliphatic carbocycles. The van der Waals surface area contributed by atoms with Crippen molar-refractivity contribution in [2.45, 2.75) is 37.6 Å². The lowest BCUT2D eigenvalue weighted by Crippen LogP contribution is -2.43. The molecular weight excluding hydrogens is 210 g/mol. The van der Waals surface area contributed by atoms with Gasteiger partial charge in [0.15, 0.2) is 0 Å². The van der Waals surface area contributed by atoms with Gasteiger partial charge in [0.05, 0.1) is 0 Å². The van der Waals surface area contributed by atoms with E-state index in [1.807, 2.05) is 0 Å². The zero-order chi connectivity index (χ0) is 11.2. The summed E-state index contributed by atoms with van der Waals surface area (Å²) in [5, 5.41) is 3.33. The number of alkyl halides is 2. The predicted octanol–water partition coefficient (Wildman–Crippen LogP) is 1.72. The Balaban J connectivity index is 1.64. The van der Waals surface area contributed by atoms with Crippen LogP contribution in [-0.2, 0) is 0 Å². The molecule has 1 saturated carbocycles. The smallest absolute Gasteiger partial charge is 0.252 e. The van der Waals surface area contributed by atoms with Gasteiger partial charge in [0.1, 0.15) is 0 Å². The summed E-state index contributed by atoms with van der Waals surface area (Å²) in [4.78, 5) is 2.34. The molecule has 0 unspecified atom stereocenters. The van der Waals surface area contributed by atoms with Crippen LogP contribution in [0.15, 0.2) is 0 Å². The second kappa shape index (κ2) is 3.91. The molecule has 2 nitrogen and oxygen atoms in total. The molecule has 0 amide bonds. The molecule has 16 heavy (non-hydrogen) atoms. The van der Waals surface area contributed by atoms with Crippen molar-refractivity contribution in [3.05, 3.63) is 0 Å². The van der Waals surface area contributed by atoms with Crippen molar-refractivity contribution in [3.63, 3.8) is 0 Å². The Labute approximate surface area is 95.4 Å². The molecule has 1 N–H and O–H groups in total. The van der Waals surface area contributed by atoms with Gasteiger partial charge in [0.2, 0.25) is 0 Å². The fraction of sp³-hybridized carbons (Fsp3) is 1.00. The van der Waals surface area contributed by atoms with E-state index in [0.717, 1.165) is 38.9 Å². The molecule has 2 saturated heterocycles. The lowest BCUT2D eigenvalue weighted by atomic mass is 9.99. The van der Waals surface area contributed by atoms with E-state index in [0.29, 0.717) is 12.6 Å². The third-order valence-electron chi connectivity index (χ3n) is 4.69. The summed E-state index contributed by atoms with van der Waals surface area (Å²) >= 11 is 0. The van der Waals surface area contributed by atoms with Crippen molar-refractivity contribution in [2.24, 2.45) is 11.8 Å². The van der Waals surface area contributed by atoms with Crippen LogP contribution >= 0.6 is 0 Å². The molecule has 2 aliphatic heterocycles. The molecule has 2 heterocycles. The zero-order valence-corrected chi connectivity index (χ0v) is 9.59. The summed E-state index contributed by atoms with van der Waals surface area (Å²) in [6.45, 7) is 3.66. The Morgan fingerprint density at radius 3 is 2.50 bits per heavy atom. The number of hydrogen-bond acceptors (Lipinski definition) is 2. The van der Waals surface area contributed by atoms with Gasteiger partial charge >= 0.3 is 0 Å². The monoisotopic (exact) mass is 230 g/mol. The topological polar surface area (TPSA) is 15.3 Å². The average molecular weight is 230 g/mol. The van der Waals surface area contributed by atoms with Crippen LogP contribution in [0.4, 0.5) is 8.78 Å². The van der Waals surface area contributed by atoms with Gasteiger partial charge in [-0.05, 0) is 38.3 Å². The van der Waals surface area contributed by atoms with Crippen LogP contribution in [0.5, 0.6) is 0 Å². The molecule has 2 atom stereocenters. The number of piperidine rings is 1. The minimum Gasteiger partial charge on any atom is -0.317 e. The molecule has 0 aromatic rings. The lowest BCUT2D eigenvalue weighted by Gasteiger charge is -2.32. The Hall–Kier alpha value is -0.220. The van der Waals surface area contributed by atoms with Crippen LogP contribution in [0.25, 0.3) is 0 Å². The second-order valence-electron chi connectivity index (χ2n) is 5.60. The Morgan fingerprint density at radius 1 is 1.06 bits per heavy atom. The SMILES string of the molecule is FC1(F)CC[C@@H]2CN(C3CCNCC3)C[C@@H]21. The molecule has 0 radical (unpaired) electrons. The molecule has 0 aromatic heterocycles. The van der Waals surface area contributed by atoms with E-state index in [1.54, 1.807) is 0 Å². The Bertz CT molecular complexity index is 264. The van der Waals surface area contributed by atoms with E-state index < -0.39 is 5.92 Å². The summed E-state index contributed by atoms with van der Waals surface area (Å²) in [6, 6.07) is 0.558. The largest absolute Gasteiger partial charge is 0.317 e. The van der Waals surface area contributed by atoms with E-state index in [-0.39, 0.29) is 18.3 Å². The fourth-order valence-electron chi connectivity index (χ4n) is 3.71. The van der Waals surface area contributed by atoms with E-state index >= 15 is 0 Å². The van der Waals surface area contributed by atoms with Gasteiger partial charge in [-0.25, -0.2) is 8.78 Å². The molecule has 3 fully saturated rings. The highest BCUT2D eigenvalue weighted by Crippen LogP contribution is 2.48. The lowest BCUT2D eigenvalue weighted by molar-refractivity contribution is -0.0415. The summed E-state index contributed by atoms with van der Waals surface area (Å²) in [6.07, 6.45) is 3.12. The van der Waals surface area contributed by atoms with Crippen molar-refractivity contribution in [3.8, 4) is 0 Å². The summed E-state index contributed by atoms with van der Waals surface area (Å²) in [7, 11) is 0. The molecule has 0 aromatic carbocycles. The van der Waals surface area contributed by atoms with Crippen LogP contribution in [0.2, 0.25) is 0 Å². The summed E-state index contributed by atoms with van der Waals surface area (Å²) < 4.78 is 27.2. The van der Waals surface area contributed by atoms with Crippen LogP contribution < -0.4 is 5.32 Å². The van der Waals surface area contributed by atoms with Gasteiger partial charge in [-0.2, -0.15) is 0 Å². The van der Waals surface area contributed by atoms with Gasteiger partial charge in [0.25, 0.3) is 5.92 Å². The number of nitrogens with one attached hydrogen (secondary N) is 1. The number of nitrogens with zero attached hydrogens (tertiary/aromatic N) is 1. The molecule has 4 heteroatoms. The average Bonchev–Trinajstić information content (AvgIpc) is 2.82. The van der Waals surface area contributed by atoms with E-state index in [1.165, 1.54) is 0 Å². The number of fused-ring (bicyclic) bond motifs is 1. The Morgan fingerprint density at radius 2 is 1.81 bits per heavy atom. The van der Waals surface area contributed by atoms with Crippen molar-refractivity contribution in [1.82, 2.24) is 10.2 Å². The first-order chi connectivity index (χ1) is 7.67. The van der Waals surface area contributed by atoms with E-state index in [2.05, 4.69) is 10.2 Å². The third-order valence-corrected chi connectivity index (χ3v) is 4.69. The molecule has 0 bridgehead atoms. The highest BCUT2D eigenvalue weighted by atomic mass is 19.3. The zero-order valence-electron chi connectivity index (χ0n) is 9.59. The second-order valence-corrected chi connectivity index (χ2v) is 5.60. The normalized spacial score (nSPS) is 40.1.